The van der Waals surface area contributed by atoms with Crippen molar-refractivity contribution >= 4 is 11.7 Å². The molecular formula is C13H16F3N3O2. The average molecular weight is 303 g/mol. The third kappa shape index (κ3) is 4.12. The Bertz CT molecular complexity index is 539. The van der Waals surface area contributed by atoms with E-state index >= 15 is 0 Å². The number of nitrogens with two attached hydrogens (primary N) is 2. The molecule has 0 aliphatic carbocycles. The van der Waals surface area contributed by atoms with Crippen LogP contribution in [-0.2, 0) is 11.2 Å². The van der Waals surface area contributed by atoms with Crippen LogP contribution in [0.15, 0.2) is 35.7 Å². The molecule has 1 aromatic rings. The van der Waals surface area contributed by atoms with Gasteiger partial charge in [-0.1, -0.05) is 25.5 Å². The lowest BCUT2D eigenvalue weighted by molar-refractivity contribution is -0.134. The highest BCUT2D eigenvalue weighted by Gasteiger charge is 2.38. The molecule has 0 amide bonds. The van der Waals surface area contributed by atoms with Crippen molar-refractivity contribution in [3.63, 3.8) is 0 Å². The summed E-state index contributed by atoms with van der Waals surface area (Å²) in [6, 6.07) is 6.22. The van der Waals surface area contributed by atoms with Crippen molar-refractivity contribution in [2.45, 2.75) is 25.9 Å². The highest BCUT2D eigenvalue weighted by Crippen LogP contribution is 2.27. The highest BCUT2D eigenvalue weighted by molar-refractivity contribution is 5.91. The van der Waals surface area contributed by atoms with Gasteiger partial charge in [0.2, 0.25) is 0 Å². The molecule has 0 aliphatic rings. The fourth-order valence-electron chi connectivity index (χ4n) is 1.72. The molecule has 21 heavy (non-hydrogen) atoms. The molecular weight excluding hydrogens is 287 g/mol. The molecule has 0 fully saturated rings. The zero-order valence-corrected chi connectivity index (χ0v) is 11.3. The van der Waals surface area contributed by atoms with Gasteiger partial charge in [-0.3, -0.25) is 5.01 Å². The number of nitrogens with zero attached hydrogens (tertiary/aromatic N) is 1. The molecule has 0 saturated heterocycles. The number of alkyl halides is 3. The molecule has 0 spiro atoms. The monoisotopic (exact) mass is 303 g/mol. The molecule has 1 rings (SSSR count). The Kier molecular flexibility index (Phi) is 5.20. The van der Waals surface area contributed by atoms with E-state index in [0.717, 1.165) is 18.4 Å². The van der Waals surface area contributed by atoms with Crippen molar-refractivity contribution in [1.29, 1.82) is 0 Å². The number of carboxylic acid groups (broad SMARTS) is 1. The first-order chi connectivity index (χ1) is 9.68. The number of aliphatic carboxylic acids is 1. The minimum Gasteiger partial charge on any atom is -0.476 e. The van der Waals surface area contributed by atoms with Crippen molar-refractivity contribution in [3.05, 3.63) is 41.2 Å². The van der Waals surface area contributed by atoms with E-state index in [2.05, 4.69) is 0 Å². The van der Waals surface area contributed by atoms with Crippen LogP contribution in [0.5, 0.6) is 0 Å². The zero-order chi connectivity index (χ0) is 16.2. The Morgan fingerprint density at radius 1 is 1.29 bits per heavy atom. The molecule has 0 bridgehead atoms. The van der Waals surface area contributed by atoms with Gasteiger partial charge in [-0.05, 0) is 24.1 Å². The maximum Gasteiger partial charge on any atom is 0.433 e. The Hall–Kier alpha value is -2.22. The SMILES string of the molecule is CCCc1ccc(N(N)/C(C(=O)O)=C(\N)C(F)(F)F)cc1. The number of carboxylic acids is 1. The molecule has 0 heterocycles. The number of carbonyl (C=O) groups is 1. The Balaban J connectivity index is 3.19. The summed E-state index contributed by atoms with van der Waals surface area (Å²) in [5, 5.41) is 9.34. The van der Waals surface area contributed by atoms with Gasteiger partial charge in [0, 0.05) is 0 Å². The van der Waals surface area contributed by atoms with Crippen molar-refractivity contribution in [2.24, 2.45) is 11.6 Å². The van der Waals surface area contributed by atoms with Crippen LogP contribution in [-0.4, -0.2) is 17.3 Å². The summed E-state index contributed by atoms with van der Waals surface area (Å²) in [4.78, 5) is 11.0. The second kappa shape index (κ2) is 6.49. The number of hydrazine groups is 1. The van der Waals surface area contributed by atoms with Gasteiger partial charge < -0.3 is 10.8 Å². The van der Waals surface area contributed by atoms with Gasteiger partial charge in [0.1, 0.15) is 5.70 Å². The molecule has 8 heteroatoms. The average Bonchev–Trinajstić information content (AvgIpc) is 2.38. The predicted molar refractivity (Wildman–Crippen MR) is 72.0 cm³/mol. The second-order valence-electron chi connectivity index (χ2n) is 4.35. The molecule has 0 saturated carbocycles. The summed E-state index contributed by atoms with van der Waals surface area (Å²) in [7, 11) is 0. The summed E-state index contributed by atoms with van der Waals surface area (Å²) in [6.07, 6.45) is -3.27. The van der Waals surface area contributed by atoms with Crippen molar-refractivity contribution in [3.8, 4) is 0 Å². The maximum atomic E-state index is 12.6. The van der Waals surface area contributed by atoms with Gasteiger partial charge >= 0.3 is 12.1 Å². The number of hydrogen-bond acceptors (Lipinski definition) is 4. The summed E-state index contributed by atoms with van der Waals surface area (Å²) in [5.74, 6) is 3.62. The lowest BCUT2D eigenvalue weighted by Crippen LogP contribution is -2.39. The standard InChI is InChI=1S/C13H16F3N3O2/c1-2-3-8-4-6-9(7-5-8)19(18)10(12(20)21)11(17)13(14,15)16/h4-7H,2-3,17-18H2,1H3,(H,20,21)/b11-10-. The third-order valence-corrected chi connectivity index (χ3v) is 2.76. The maximum absolute atomic E-state index is 12.6. The first-order valence-corrected chi connectivity index (χ1v) is 6.12. The van der Waals surface area contributed by atoms with Crippen LogP contribution >= 0.6 is 0 Å². The van der Waals surface area contributed by atoms with E-state index in [0.29, 0.717) is 5.01 Å². The topological polar surface area (TPSA) is 92.6 Å². The minimum atomic E-state index is -4.98. The van der Waals surface area contributed by atoms with E-state index < -0.39 is 23.5 Å². The summed E-state index contributed by atoms with van der Waals surface area (Å²) >= 11 is 0. The van der Waals surface area contributed by atoms with Crippen LogP contribution in [0.1, 0.15) is 18.9 Å². The van der Waals surface area contributed by atoms with Crippen LogP contribution in [0.25, 0.3) is 0 Å². The number of halogens is 3. The summed E-state index contributed by atoms with van der Waals surface area (Å²) in [5.41, 5.74) is 2.96. The van der Waals surface area contributed by atoms with E-state index in [-0.39, 0.29) is 5.69 Å². The summed E-state index contributed by atoms with van der Waals surface area (Å²) in [6.45, 7) is 1.98. The molecule has 1 aromatic carbocycles. The van der Waals surface area contributed by atoms with Crippen molar-refractivity contribution in [1.82, 2.24) is 0 Å². The molecule has 5 nitrogen and oxygen atoms in total. The zero-order valence-electron chi connectivity index (χ0n) is 11.3. The molecule has 116 valence electrons. The Labute approximate surface area is 119 Å². The lowest BCUT2D eigenvalue weighted by atomic mass is 10.1. The number of hydrogen-bond donors (Lipinski definition) is 3. The minimum absolute atomic E-state index is 0.0967. The van der Waals surface area contributed by atoms with Gasteiger partial charge in [-0.15, -0.1) is 0 Å². The van der Waals surface area contributed by atoms with Gasteiger partial charge in [0.25, 0.3) is 0 Å². The van der Waals surface area contributed by atoms with Gasteiger partial charge in [0.15, 0.2) is 5.70 Å². The number of rotatable bonds is 5. The quantitative estimate of drug-likeness (QED) is 0.440. The molecule has 0 atom stereocenters. The van der Waals surface area contributed by atoms with Gasteiger partial charge in [0.05, 0.1) is 5.69 Å². The van der Waals surface area contributed by atoms with Crippen LogP contribution in [0.3, 0.4) is 0 Å². The van der Waals surface area contributed by atoms with Crippen LogP contribution in [0, 0.1) is 0 Å². The van der Waals surface area contributed by atoms with Gasteiger partial charge in [-0.25, -0.2) is 10.6 Å². The summed E-state index contributed by atoms with van der Waals surface area (Å²) < 4.78 is 37.7. The highest BCUT2D eigenvalue weighted by atomic mass is 19.4. The number of aryl methyl sites for hydroxylation is 1. The smallest absolute Gasteiger partial charge is 0.433 e. The molecule has 0 radical (unpaired) electrons. The fourth-order valence-corrected chi connectivity index (χ4v) is 1.72. The fraction of sp³-hybridized carbons (Fsp3) is 0.308. The Morgan fingerprint density at radius 3 is 2.19 bits per heavy atom. The molecule has 0 unspecified atom stereocenters. The van der Waals surface area contributed by atoms with E-state index in [4.69, 9.17) is 16.7 Å². The molecule has 0 aromatic heterocycles. The van der Waals surface area contributed by atoms with E-state index in [9.17, 15) is 18.0 Å². The third-order valence-electron chi connectivity index (χ3n) is 2.76. The second-order valence-corrected chi connectivity index (χ2v) is 4.35. The first-order valence-electron chi connectivity index (χ1n) is 6.12. The van der Waals surface area contributed by atoms with Crippen LogP contribution in [0.4, 0.5) is 18.9 Å². The van der Waals surface area contributed by atoms with Crippen LogP contribution < -0.4 is 16.6 Å². The number of benzene rings is 1. The normalized spacial score (nSPS) is 12.8. The van der Waals surface area contributed by atoms with Crippen molar-refractivity contribution in [2.75, 3.05) is 5.01 Å². The van der Waals surface area contributed by atoms with E-state index in [1.165, 1.54) is 12.1 Å². The van der Waals surface area contributed by atoms with E-state index in [1.54, 1.807) is 12.1 Å². The van der Waals surface area contributed by atoms with Crippen LogP contribution in [0.2, 0.25) is 0 Å². The molecule has 5 N–H and O–H groups in total. The van der Waals surface area contributed by atoms with Crippen molar-refractivity contribution < 1.29 is 23.1 Å². The molecule has 0 aliphatic heterocycles. The van der Waals surface area contributed by atoms with Gasteiger partial charge in [-0.2, -0.15) is 13.2 Å². The largest absolute Gasteiger partial charge is 0.476 e. The lowest BCUT2D eigenvalue weighted by Gasteiger charge is -2.22. The first kappa shape index (κ1) is 16.8. The number of allylic oxidation sites excluding steroid dienone is 1. The predicted octanol–water partition coefficient (Wildman–Crippen LogP) is 2.14. The number of anilines is 1. The Morgan fingerprint density at radius 2 is 1.81 bits per heavy atom. The van der Waals surface area contributed by atoms with E-state index in [1.807, 2.05) is 6.92 Å².